The van der Waals surface area contributed by atoms with E-state index in [4.69, 9.17) is 0 Å². The van der Waals surface area contributed by atoms with Gasteiger partial charge in [0.2, 0.25) is 5.91 Å². The first kappa shape index (κ1) is 16.6. The Bertz CT molecular complexity index is 655. The molecule has 4 heteroatoms. The van der Waals surface area contributed by atoms with Crippen molar-refractivity contribution in [3.8, 4) is 0 Å². The quantitative estimate of drug-likeness (QED) is 0.810. The molecule has 3 nitrogen and oxygen atoms in total. The van der Waals surface area contributed by atoms with Crippen molar-refractivity contribution in [3.05, 3.63) is 63.6 Å². The first-order valence-electron chi connectivity index (χ1n) is 7.37. The number of amides is 1. The van der Waals surface area contributed by atoms with E-state index in [2.05, 4.69) is 45.6 Å². The number of hydrogen-bond acceptors (Lipinski definition) is 2. The lowest BCUT2D eigenvalue weighted by Crippen LogP contribution is -2.25. The minimum absolute atomic E-state index is 0.0607. The molecule has 0 saturated carbocycles. The molecule has 2 rings (SSSR count). The highest BCUT2D eigenvalue weighted by Gasteiger charge is 2.04. The van der Waals surface area contributed by atoms with Gasteiger partial charge in [-0.3, -0.25) is 4.79 Å². The van der Waals surface area contributed by atoms with Crippen LogP contribution in [0.2, 0.25) is 0 Å². The lowest BCUT2D eigenvalue weighted by molar-refractivity contribution is -0.121. The Morgan fingerprint density at radius 1 is 1.09 bits per heavy atom. The van der Waals surface area contributed by atoms with Gasteiger partial charge >= 0.3 is 0 Å². The maximum absolute atomic E-state index is 11.9. The SMILES string of the molecule is Cc1ccccc1CNC(=O)CCNc1ccc(Br)cc1C. The molecular weight excluding hydrogens is 340 g/mol. The molecule has 0 heterocycles. The van der Waals surface area contributed by atoms with Crippen molar-refractivity contribution in [1.82, 2.24) is 5.32 Å². The van der Waals surface area contributed by atoms with E-state index in [0.717, 1.165) is 21.3 Å². The monoisotopic (exact) mass is 360 g/mol. The normalized spacial score (nSPS) is 10.3. The molecule has 0 aromatic heterocycles. The highest BCUT2D eigenvalue weighted by molar-refractivity contribution is 9.10. The van der Waals surface area contributed by atoms with E-state index in [1.807, 2.05) is 37.3 Å². The van der Waals surface area contributed by atoms with Crippen LogP contribution in [-0.4, -0.2) is 12.5 Å². The lowest BCUT2D eigenvalue weighted by atomic mass is 10.1. The van der Waals surface area contributed by atoms with Gasteiger partial charge in [0.1, 0.15) is 0 Å². The van der Waals surface area contributed by atoms with Gasteiger partial charge in [-0.05, 0) is 48.7 Å². The Labute approximate surface area is 140 Å². The Morgan fingerprint density at radius 2 is 1.86 bits per heavy atom. The second-order valence-electron chi connectivity index (χ2n) is 5.34. The molecular formula is C18H21BrN2O. The van der Waals surface area contributed by atoms with Crippen LogP contribution in [0, 0.1) is 13.8 Å². The first-order valence-corrected chi connectivity index (χ1v) is 8.17. The number of anilines is 1. The standard InChI is InChI=1S/C18H21BrN2O/c1-13-5-3-4-6-15(13)12-21-18(22)9-10-20-17-8-7-16(19)11-14(17)2/h3-8,11,20H,9-10,12H2,1-2H3,(H,21,22). The van der Waals surface area contributed by atoms with E-state index in [-0.39, 0.29) is 5.91 Å². The second-order valence-corrected chi connectivity index (χ2v) is 6.25. The number of benzene rings is 2. The molecule has 0 fully saturated rings. The molecule has 0 aliphatic heterocycles. The van der Waals surface area contributed by atoms with Gasteiger partial charge in [0.15, 0.2) is 0 Å². The number of hydrogen-bond donors (Lipinski definition) is 2. The Balaban J connectivity index is 1.75. The highest BCUT2D eigenvalue weighted by atomic mass is 79.9. The molecule has 0 aliphatic rings. The van der Waals surface area contributed by atoms with Crippen molar-refractivity contribution in [1.29, 1.82) is 0 Å². The summed E-state index contributed by atoms with van der Waals surface area (Å²) in [7, 11) is 0. The predicted molar refractivity (Wildman–Crippen MR) is 95.0 cm³/mol. The number of nitrogens with one attached hydrogen (secondary N) is 2. The zero-order chi connectivity index (χ0) is 15.9. The Morgan fingerprint density at radius 3 is 2.59 bits per heavy atom. The summed E-state index contributed by atoms with van der Waals surface area (Å²) in [5.41, 5.74) is 4.59. The third-order valence-electron chi connectivity index (χ3n) is 3.59. The van der Waals surface area contributed by atoms with Crippen LogP contribution < -0.4 is 10.6 Å². The summed E-state index contributed by atoms with van der Waals surface area (Å²) in [6.07, 6.45) is 0.460. The Kier molecular flexibility index (Phi) is 6.01. The first-order chi connectivity index (χ1) is 10.6. The number of carbonyl (C=O) groups excluding carboxylic acids is 1. The molecule has 1 amide bonds. The smallest absolute Gasteiger partial charge is 0.222 e. The maximum atomic E-state index is 11.9. The van der Waals surface area contributed by atoms with E-state index in [0.29, 0.717) is 19.5 Å². The van der Waals surface area contributed by atoms with Gasteiger partial charge in [-0.2, -0.15) is 0 Å². The number of carbonyl (C=O) groups is 1. The molecule has 2 aromatic rings. The van der Waals surface area contributed by atoms with Gasteiger partial charge in [-0.15, -0.1) is 0 Å². The van der Waals surface area contributed by atoms with Crippen LogP contribution in [0.25, 0.3) is 0 Å². The molecule has 0 aliphatic carbocycles. The van der Waals surface area contributed by atoms with E-state index in [1.54, 1.807) is 0 Å². The zero-order valence-corrected chi connectivity index (χ0v) is 14.5. The molecule has 2 N–H and O–H groups in total. The fraction of sp³-hybridized carbons (Fsp3) is 0.278. The number of rotatable bonds is 6. The minimum atomic E-state index is 0.0607. The number of aryl methyl sites for hydroxylation is 2. The van der Waals surface area contributed by atoms with E-state index in [1.165, 1.54) is 5.56 Å². The van der Waals surface area contributed by atoms with Gasteiger partial charge in [-0.1, -0.05) is 40.2 Å². The van der Waals surface area contributed by atoms with Crippen molar-refractivity contribution >= 4 is 27.5 Å². The van der Waals surface area contributed by atoms with Crippen LogP contribution in [0.15, 0.2) is 46.9 Å². The van der Waals surface area contributed by atoms with Gasteiger partial charge < -0.3 is 10.6 Å². The summed E-state index contributed by atoms with van der Waals surface area (Å²) in [4.78, 5) is 11.9. The van der Waals surface area contributed by atoms with Crippen molar-refractivity contribution in [2.75, 3.05) is 11.9 Å². The summed E-state index contributed by atoms with van der Waals surface area (Å²) in [5.74, 6) is 0.0607. The predicted octanol–water partition coefficient (Wildman–Crippen LogP) is 4.18. The lowest BCUT2D eigenvalue weighted by Gasteiger charge is -2.11. The molecule has 116 valence electrons. The molecule has 0 radical (unpaired) electrons. The van der Waals surface area contributed by atoms with E-state index < -0.39 is 0 Å². The van der Waals surface area contributed by atoms with E-state index in [9.17, 15) is 4.79 Å². The van der Waals surface area contributed by atoms with Crippen LogP contribution in [-0.2, 0) is 11.3 Å². The van der Waals surface area contributed by atoms with Crippen LogP contribution >= 0.6 is 15.9 Å². The van der Waals surface area contributed by atoms with Gasteiger partial charge in [0.05, 0.1) is 0 Å². The molecule has 2 aromatic carbocycles. The summed E-state index contributed by atoms with van der Waals surface area (Å²) in [6.45, 7) is 5.32. The van der Waals surface area contributed by atoms with Crippen molar-refractivity contribution in [2.45, 2.75) is 26.8 Å². The van der Waals surface area contributed by atoms with Gasteiger partial charge in [0, 0.05) is 29.7 Å². The van der Waals surface area contributed by atoms with Gasteiger partial charge in [0.25, 0.3) is 0 Å². The molecule has 0 atom stereocenters. The largest absolute Gasteiger partial charge is 0.384 e. The van der Waals surface area contributed by atoms with E-state index >= 15 is 0 Å². The molecule has 0 spiro atoms. The Hall–Kier alpha value is -1.81. The molecule has 0 bridgehead atoms. The van der Waals surface area contributed by atoms with Crippen molar-refractivity contribution < 1.29 is 4.79 Å². The van der Waals surface area contributed by atoms with Gasteiger partial charge in [-0.25, -0.2) is 0 Å². The molecule has 0 unspecified atom stereocenters. The second kappa shape index (κ2) is 7.99. The average molecular weight is 361 g/mol. The van der Waals surface area contributed by atoms with Crippen LogP contribution in [0.1, 0.15) is 23.1 Å². The third-order valence-corrected chi connectivity index (χ3v) is 4.09. The molecule has 0 saturated heterocycles. The topological polar surface area (TPSA) is 41.1 Å². The number of halogens is 1. The highest BCUT2D eigenvalue weighted by Crippen LogP contribution is 2.19. The summed E-state index contributed by atoms with van der Waals surface area (Å²) in [6, 6.07) is 14.2. The fourth-order valence-corrected chi connectivity index (χ4v) is 2.70. The van der Waals surface area contributed by atoms with Crippen LogP contribution in [0.5, 0.6) is 0 Å². The maximum Gasteiger partial charge on any atom is 0.222 e. The van der Waals surface area contributed by atoms with Crippen molar-refractivity contribution in [2.24, 2.45) is 0 Å². The fourth-order valence-electron chi connectivity index (χ4n) is 2.23. The summed E-state index contributed by atoms with van der Waals surface area (Å²) < 4.78 is 1.06. The average Bonchev–Trinajstić information content (AvgIpc) is 2.49. The third kappa shape index (κ3) is 4.88. The summed E-state index contributed by atoms with van der Waals surface area (Å²) in [5, 5.41) is 6.26. The van der Waals surface area contributed by atoms with Crippen molar-refractivity contribution in [3.63, 3.8) is 0 Å². The zero-order valence-electron chi connectivity index (χ0n) is 12.9. The van der Waals surface area contributed by atoms with Crippen LogP contribution in [0.4, 0.5) is 5.69 Å². The summed E-state index contributed by atoms with van der Waals surface area (Å²) >= 11 is 3.44. The molecule has 22 heavy (non-hydrogen) atoms. The minimum Gasteiger partial charge on any atom is -0.384 e. The van der Waals surface area contributed by atoms with Crippen LogP contribution in [0.3, 0.4) is 0 Å².